The average molecular weight is 308 g/mol. The highest BCUT2D eigenvalue weighted by molar-refractivity contribution is 5.58. The molecule has 1 fully saturated rings. The minimum atomic E-state index is 0.506. The van der Waals surface area contributed by atoms with Gasteiger partial charge in [0.15, 0.2) is 5.82 Å². The minimum Gasteiger partial charge on any atom is -0.370 e. The molecule has 1 aliphatic heterocycles. The summed E-state index contributed by atoms with van der Waals surface area (Å²) in [5, 5.41) is 21.3. The highest BCUT2D eigenvalue weighted by Crippen LogP contribution is 2.27. The Morgan fingerprint density at radius 3 is 2.96 bits per heavy atom. The molecule has 0 radical (unpaired) electrons. The van der Waals surface area contributed by atoms with E-state index in [2.05, 4.69) is 31.5 Å². The van der Waals surface area contributed by atoms with Gasteiger partial charge in [-0.15, -0.1) is 5.10 Å². The van der Waals surface area contributed by atoms with Crippen LogP contribution in [0.2, 0.25) is 0 Å². The molecule has 1 saturated heterocycles. The van der Waals surface area contributed by atoms with Gasteiger partial charge in [-0.25, -0.2) is 4.98 Å². The van der Waals surface area contributed by atoms with Crippen LogP contribution in [0.1, 0.15) is 23.2 Å². The first-order valence-corrected chi connectivity index (χ1v) is 7.83. The van der Waals surface area contributed by atoms with Crippen LogP contribution in [0.15, 0.2) is 24.4 Å². The molecule has 118 valence electrons. The van der Waals surface area contributed by atoms with Gasteiger partial charge in [-0.3, -0.25) is 0 Å². The molecule has 1 atom stereocenters. The second kappa shape index (κ2) is 6.61. The smallest absolute Gasteiger partial charge is 0.169 e. The van der Waals surface area contributed by atoms with Crippen molar-refractivity contribution < 1.29 is 0 Å². The molecule has 0 spiro atoms. The van der Waals surface area contributed by atoms with Gasteiger partial charge in [0.05, 0.1) is 5.69 Å². The molecule has 0 saturated carbocycles. The zero-order valence-corrected chi connectivity index (χ0v) is 13.5. The van der Waals surface area contributed by atoms with Crippen LogP contribution in [0.25, 0.3) is 0 Å². The van der Waals surface area contributed by atoms with E-state index in [9.17, 15) is 5.26 Å². The van der Waals surface area contributed by atoms with Crippen molar-refractivity contribution in [3.8, 4) is 6.07 Å². The Morgan fingerprint density at radius 2 is 2.22 bits per heavy atom. The van der Waals surface area contributed by atoms with Gasteiger partial charge in [0.1, 0.15) is 17.5 Å². The molecule has 6 heteroatoms. The number of aryl methyl sites for hydroxylation is 1. The van der Waals surface area contributed by atoms with Gasteiger partial charge in [-0.2, -0.15) is 10.4 Å². The Morgan fingerprint density at radius 1 is 1.35 bits per heavy atom. The number of nitrogens with one attached hydrogen (secondary N) is 1. The topological polar surface area (TPSA) is 77.7 Å². The number of pyridine rings is 1. The van der Waals surface area contributed by atoms with E-state index < -0.39 is 0 Å². The molecule has 23 heavy (non-hydrogen) atoms. The van der Waals surface area contributed by atoms with Crippen LogP contribution in [0.3, 0.4) is 0 Å². The summed E-state index contributed by atoms with van der Waals surface area (Å²) < 4.78 is 0. The van der Waals surface area contributed by atoms with Crippen molar-refractivity contribution in [1.29, 1.82) is 5.26 Å². The number of anilines is 2. The monoisotopic (exact) mass is 308 g/mol. The molecule has 1 aliphatic rings. The zero-order valence-electron chi connectivity index (χ0n) is 13.5. The van der Waals surface area contributed by atoms with Gasteiger partial charge in [0, 0.05) is 25.8 Å². The standard InChI is InChI=1S/C17H20N6/c1-12-13(2)21-22-17(15(12)9-18)23-8-6-14(11-23)10-20-16-5-3-4-7-19-16/h3-5,7,14H,6,8,10-11H2,1-2H3,(H,19,20)/t14-/m1/s1. The fourth-order valence-corrected chi connectivity index (χ4v) is 2.86. The molecule has 6 nitrogen and oxygen atoms in total. The van der Waals surface area contributed by atoms with E-state index in [0.29, 0.717) is 11.5 Å². The number of nitriles is 1. The molecule has 0 unspecified atom stereocenters. The van der Waals surface area contributed by atoms with Crippen molar-refractivity contribution in [2.45, 2.75) is 20.3 Å². The van der Waals surface area contributed by atoms with E-state index in [1.54, 1.807) is 6.20 Å². The van der Waals surface area contributed by atoms with Crippen molar-refractivity contribution >= 4 is 11.6 Å². The first-order valence-electron chi connectivity index (χ1n) is 7.83. The van der Waals surface area contributed by atoms with E-state index in [-0.39, 0.29) is 0 Å². The summed E-state index contributed by atoms with van der Waals surface area (Å²) in [6, 6.07) is 8.13. The summed E-state index contributed by atoms with van der Waals surface area (Å²) in [5.74, 6) is 2.12. The second-order valence-electron chi connectivity index (χ2n) is 5.92. The number of rotatable bonds is 4. The molecular formula is C17H20N6. The quantitative estimate of drug-likeness (QED) is 0.934. The van der Waals surface area contributed by atoms with Crippen LogP contribution in [0, 0.1) is 31.1 Å². The molecule has 0 amide bonds. The average Bonchev–Trinajstić information content (AvgIpc) is 3.05. The van der Waals surface area contributed by atoms with Crippen molar-refractivity contribution in [2.24, 2.45) is 5.92 Å². The summed E-state index contributed by atoms with van der Waals surface area (Å²) in [6.07, 6.45) is 2.85. The largest absolute Gasteiger partial charge is 0.370 e. The summed E-state index contributed by atoms with van der Waals surface area (Å²) in [5.41, 5.74) is 2.39. The maximum Gasteiger partial charge on any atom is 0.169 e. The fraction of sp³-hybridized carbons (Fsp3) is 0.412. The lowest BCUT2D eigenvalue weighted by molar-refractivity contribution is 0.620. The van der Waals surface area contributed by atoms with E-state index >= 15 is 0 Å². The molecule has 3 rings (SSSR count). The normalized spacial score (nSPS) is 17.1. The maximum absolute atomic E-state index is 9.44. The van der Waals surface area contributed by atoms with Crippen molar-refractivity contribution in [2.75, 3.05) is 29.9 Å². The summed E-state index contributed by atoms with van der Waals surface area (Å²) >= 11 is 0. The molecule has 0 aliphatic carbocycles. The zero-order chi connectivity index (χ0) is 16.2. The molecule has 2 aromatic rings. The maximum atomic E-state index is 9.44. The van der Waals surface area contributed by atoms with E-state index in [0.717, 1.165) is 48.9 Å². The van der Waals surface area contributed by atoms with Gasteiger partial charge in [-0.05, 0) is 43.9 Å². The Bertz CT molecular complexity index is 722. The number of aromatic nitrogens is 3. The second-order valence-corrected chi connectivity index (χ2v) is 5.92. The lowest BCUT2D eigenvalue weighted by Gasteiger charge is -2.19. The SMILES string of the molecule is Cc1nnc(N2CC[C@H](CNc3ccccn3)C2)c(C#N)c1C. The Balaban J connectivity index is 1.66. The lowest BCUT2D eigenvalue weighted by atomic mass is 10.1. The molecule has 1 N–H and O–H groups in total. The van der Waals surface area contributed by atoms with Crippen LogP contribution in [-0.4, -0.2) is 34.8 Å². The van der Waals surface area contributed by atoms with Crippen LogP contribution in [0.4, 0.5) is 11.6 Å². The summed E-state index contributed by atoms with van der Waals surface area (Å²) in [7, 11) is 0. The van der Waals surface area contributed by atoms with E-state index in [1.807, 2.05) is 32.0 Å². The third-order valence-electron chi connectivity index (χ3n) is 4.37. The molecule has 3 heterocycles. The van der Waals surface area contributed by atoms with Crippen LogP contribution < -0.4 is 10.2 Å². The van der Waals surface area contributed by atoms with Gasteiger partial charge in [-0.1, -0.05) is 6.07 Å². The van der Waals surface area contributed by atoms with E-state index in [1.165, 1.54) is 0 Å². The van der Waals surface area contributed by atoms with Crippen LogP contribution in [0.5, 0.6) is 0 Å². The number of nitrogens with zero attached hydrogens (tertiary/aromatic N) is 5. The van der Waals surface area contributed by atoms with Gasteiger partial charge in [0.25, 0.3) is 0 Å². The third-order valence-corrected chi connectivity index (χ3v) is 4.37. The third kappa shape index (κ3) is 3.24. The number of hydrogen-bond donors (Lipinski definition) is 1. The summed E-state index contributed by atoms with van der Waals surface area (Å²) in [6.45, 7) is 6.47. The molecule has 0 aromatic carbocycles. The number of hydrogen-bond acceptors (Lipinski definition) is 6. The Labute approximate surface area is 136 Å². The predicted molar refractivity (Wildman–Crippen MR) is 89.3 cm³/mol. The van der Waals surface area contributed by atoms with Gasteiger partial charge in [0.2, 0.25) is 0 Å². The highest BCUT2D eigenvalue weighted by atomic mass is 15.3. The first kappa shape index (κ1) is 15.2. The summed E-state index contributed by atoms with van der Waals surface area (Å²) in [4.78, 5) is 6.44. The Kier molecular flexibility index (Phi) is 4.38. The molecule has 0 bridgehead atoms. The van der Waals surface area contributed by atoms with E-state index in [4.69, 9.17) is 0 Å². The first-order chi connectivity index (χ1) is 11.2. The van der Waals surface area contributed by atoms with Crippen molar-refractivity contribution in [1.82, 2.24) is 15.2 Å². The highest BCUT2D eigenvalue weighted by Gasteiger charge is 2.26. The van der Waals surface area contributed by atoms with Crippen LogP contribution >= 0.6 is 0 Å². The van der Waals surface area contributed by atoms with Gasteiger partial charge < -0.3 is 10.2 Å². The minimum absolute atomic E-state index is 0.506. The Hall–Kier alpha value is -2.68. The van der Waals surface area contributed by atoms with Crippen molar-refractivity contribution in [3.63, 3.8) is 0 Å². The molecular weight excluding hydrogens is 288 g/mol. The molecule has 2 aromatic heterocycles. The van der Waals surface area contributed by atoms with Gasteiger partial charge >= 0.3 is 0 Å². The fourth-order valence-electron chi connectivity index (χ4n) is 2.86. The predicted octanol–water partition coefficient (Wildman–Crippen LogP) is 2.30. The van der Waals surface area contributed by atoms with Crippen LogP contribution in [-0.2, 0) is 0 Å². The lowest BCUT2D eigenvalue weighted by Crippen LogP contribution is -2.25. The van der Waals surface area contributed by atoms with Crippen molar-refractivity contribution in [3.05, 3.63) is 41.2 Å².